The van der Waals surface area contributed by atoms with Crippen molar-refractivity contribution in [2.75, 3.05) is 11.1 Å². The van der Waals surface area contributed by atoms with Crippen molar-refractivity contribution in [3.63, 3.8) is 0 Å². The number of hydrogen-bond donors (Lipinski definition) is 1. The van der Waals surface area contributed by atoms with Crippen molar-refractivity contribution in [3.8, 4) is 0 Å². The number of aryl methyl sites for hydroxylation is 1. The maximum Gasteiger partial charge on any atom is 0.226 e. The molecule has 3 aromatic rings. The quantitative estimate of drug-likeness (QED) is 0.665. The van der Waals surface area contributed by atoms with Crippen LogP contribution in [0.5, 0.6) is 0 Å². The Morgan fingerprint density at radius 2 is 1.88 bits per heavy atom. The number of carbonyl (C=O) groups is 1. The van der Waals surface area contributed by atoms with Crippen molar-refractivity contribution < 1.29 is 13.2 Å². The van der Waals surface area contributed by atoms with E-state index < -0.39 is 9.84 Å². The van der Waals surface area contributed by atoms with Crippen LogP contribution >= 0.6 is 11.3 Å². The Balaban J connectivity index is 1.51. The fourth-order valence-corrected chi connectivity index (χ4v) is 5.06. The number of rotatable bonds is 7. The molecule has 0 unspecified atom stereocenters. The Kier molecular flexibility index (Phi) is 5.68. The minimum atomic E-state index is -3.22. The van der Waals surface area contributed by atoms with E-state index in [0.717, 1.165) is 21.3 Å². The Labute approximate surface area is 157 Å². The standard InChI is InChI=1S/C19H20N2O3S2/c1-14-7-5-10-16-18(14)21-19(25-16)20-17(22)11-6-12-26(23,24)13-15-8-3-2-4-9-15/h2-5,7-10H,6,11-13H2,1H3,(H,20,21,22). The number of benzene rings is 2. The van der Waals surface area contributed by atoms with Gasteiger partial charge in [-0.2, -0.15) is 0 Å². The first-order valence-corrected chi connectivity index (χ1v) is 11.0. The summed E-state index contributed by atoms with van der Waals surface area (Å²) in [6, 6.07) is 15.0. The van der Waals surface area contributed by atoms with Crippen molar-refractivity contribution in [1.29, 1.82) is 0 Å². The highest BCUT2D eigenvalue weighted by Crippen LogP contribution is 2.27. The van der Waals surface area contributed by atoms with Gasteiger partial charge in [0.25, 0.3) is 0 Å². The summed E-state index contributed by atoms with van der Waals surface area (Å²) < 4.78 is 25.3. The average molecular weight is 389 g/mol. The zero-order chi connectivity index (χ0) is 18.6. The lowest BCUT2D eigenvalue weighted by Crippen LogP contribution is -2.15. The molecule has 0 saturated carbocycles. The van der Waals surface area contributed by atoms with E-state index in [1.807, 2.05) is 43.3 Å². The number of nitrogens with one attached hydrogen (secondary N) is 1. The Morgan fingerprint density at radius 3 is 2.62 bits per heavy atom. The van der Waals surface area contributed by atoms with Crippen molar-refractivity contribution in [2.24, 2.45) is 0 Å². The molecule has 1 amide bonds. The van der Waals surface area contributed by atoms with Gasteiger partial charge >= 0.3 is 0 Å². The Bertz CT molecular complexity index is 1010. The summed E-state index contributed by atoms with van der Waals surface area (Å²) in [6.45, 7) is 1.98. The van der Waals surface area contributed by atoms with E-state index in [9.17, 15) is 13.2 Å². The zero-order valence-corrected chi connectivity index (χ0v) is 16.1. The molecule has 0 aliphatic carbocycles. The van der Waals surface area contributed by atoms with Gasteiger partial charge in [0.05, 0.1) is 21.7 Å². The summed E-state index contributed by atoms with van der Waals surface area (Å²) in [5, 5.41) is 3.32. The van der Waals surface area contributed by atoms with Gasteiger partial charge in [-0.1, -0.05) is 53.8 Å². The summed E-state index contributed by atoms with van der Waals surface area (Å²) in [7, 11) is -3.22. The third-order valence-electron chi connectivity index (χ3n) is 3.96. The highest BCUT2D eigenvalue weighted by Gasteiger charge is 2.14. The molecule has 0 saturated heterocycles. The first-order chi connectivity index (χ1) is 12.4. The zero-order valence-electron chi connectivity index (χ0n) is 14.4. The fraction of sp³-hybridized carbons (Fsp3) is 0.263. The normalized spacial score (nSPS) is 11.6. The van der Waals surface area contributed by atoms with Gasteiger partial charge in [0.2, 0.25) is 5.91 Å². The topological polar surface area (TPSA) is 76.1 Å². The number of fused-ring (bicyclic) bond motifs is 1. The number of aromatic nitrogens is 1. The van der Waals surface area contributed by atoms with Gasteiger partial charge in [0.1, 0.15) is 0 Å². The molecule has 1 heterocycles. The molecule has 136 valence electrons. The van der Waals surface area contributed by atoms with Crippen LogP contribution in [-0.2, 0) is 20.4 Å². The van der Waals surface area contributed by atoms with Gasteiger partial charge in [0, 0.05) is 6.42 Å². The minimum absolute atomic E-state index is 0.00569. The molecule has 0 aliphatic heterocycles. The van der Waals surface area contributed by atoms with Crippen LogP contribution in [0.1, 0.15) is 24.0 Å². The second kappa shape index (κ2) is 7.97. The number of nitrogens with zero attached hydrogens (tertiary/aromatic N) is 1. The van der Waals surface area contributed by atoms with Crippen molar-refractivity contribution in [1.82, 2.24) is 4.98 Å². The molecular weight excluding hydrogens is 368 g/mol. The number of amides is 1. The molecule has 26 heavy (non-hydrogen) atoms. The van der Waals surface area contributed by atoms with E-state index in [4.69, 9.17) is 0 Å². The van der Waals surface area contributed by atoms with Gasteiger partial charge in [-0.3, -0.25) is 4.79 Å². The summed E-state index contributed by atoms with van der Waals surface area (Å²) >= 11 is 1.42. The number of carbonyl (C=O) groups excluding carboxylic acids is 1. The van der Waals surface area contributed by atoms with E-state index in [1.54, 1.807) is 12.1 Å². The minimum Gasteiger partial charge on any atom is -0.302 e. The maximum absolute atomic E-state index is 12.2. The molecule has 0 bridgehead atoms. The molecule has 7 heteroatoms. The van der Waals surface area contributed by atoms with E-state index in [-0.39, 0.29) is 23.8 Å². The summed E-state index contributed by atoms with van der Waals surface area (Å²) in [6.07, 6.45) is 0.452. The van der Waals surface area contributed by atoms with Crippen molar-refractivity contribution in [3.05, 3.63) is 59.7 Å². The van der Waals surface area contributed by atoms with Gasteiger partial charge in [-0.15, -0.1) is 0 Å². The van der Waals surface area contributed by atoms with Gasteiger partial charge in [0.15, 0.2) is 15.0 Å². The SMILES string of the molecule is Cc1cccc2sc(NC(=O)CCCS(=O)(=O)Cc3ccccc3)nc12. The highest BCUT2D eigenvalue weighted by atomic mass is 32.2. The number of sulfone groups is 1. The molecule has 2 aromatic carbocycles. The van der Waals surface area contributed by atoms with Crippen molar-refractivity contribution in [2.45, 2.75) is 25.5 Å². The molecule has 1 aromatic heterocycles. The fourth-order valence-electron chi connectivity index (χ4n) is 2.67. The lowest BCUT2D eigenvalue weighted by Gasteiger charge is -2.05. The highest BCUT2D eigenvalue weighted by molar-refractivity contribution is 7.90. The van der Waals surface area contributed by atoms with Crippen LogP contribution in [0.4, 0.5) is 5.13 Å². The average Bonchev–Trinajstić information content (AvgIpc) is 2.99. The van der Waals surface area contributed by atoms with E-state index >= 15 is 0 Å². The van der Waals surface area contributed by atoms with Crippen LogP contribution in [0.25, 0.3) is 10.2 Å². The molecule has 0 atom stereocenters. The van der Waals surface area contributed by atoms with Crippen molar-refractivity contribution >= 4 is 42.4 Å². The molecule has 0 aliphatic rings. The summed E-state index contributed by atoms with van der Waals surface area (Å²) in [5.41, 5.74) is 2.71. The predicted molar refractivity (Wildman–Crippen MR) is 106 cm³/mol. The lowest BCUT2D eigenvalue weighted by molar-refractivity contribution is -0.116. The third-order valence-corrected chi connectivity index (χ3v) is 6.58. The van der Waals surface area contributed by atoms with Crippen LogP contribution in [-0.4, -0.2) is 25.1 Å². The number of thiazole rings is 1. The number of anilines is 1. The monoisotopic (exact) mass is 388 g/mol. The Morgan fingerprint density at radius 1 is 1.12 bits per heavy atom. The second-order valence-electron chi connectivity index (χ2n) is 6.17. The maximum atomic E-state index is 12.2. The van der Waals surface area contributed by atoms with E-state index in [0.29, 0.717) is 11.6 Å². The van der Waals surface area contributed by atoms with Gasteiger partial charge in [-0.05, 0) is 30.5 Å². The summed E-state index contributed by atoms with van der Waals surface area (Å²) in [4.78, 5) is 16.5. The van der Waals surface area contributed by atoms with Crippen LogP contribution < -0.4 is 5.32 Å². The molecule has 3 rings (SSSR count). The molecule has 0 radical (unpaired) electrons. The third kappa shape index (κ3) is 4.89. The van der Waals surface area contributed by atoms with Gasteiger partial charge < -0.3 is 5.32 Å². The van der Waals surface area contributed by atoms with Crippen LogP contribution in [0.3, 0.4) is 0 Å². The van der Waals surface area contributed by atoms with Crippen LogP contribution in [0.2, 0.25) is 0 Å². The molecule has 5 nitrogen and oxygen atoms in total. The first-order valence-electron chi connectivity index (χ1n) is 8.33. The largest absolute Gasteiger partial charge is 0.302 e. The molecule has 1 N–H and O–H groups in total. The molecular formula is C19H20N2O3S2. The first kappa shape index (κ1) is 18.5. The number of hydrogen-bond acceptors (Lipinski definition) is 5. The molecule has 0 fully saturated rings. The van der Waals surface area contributed by atoms with E-state index in [2.05, 4.69) is 10.3 Å². The van der Waals surface area contributed by atoms with E-state index in [1.165, 1.54) is 11.3 Å². The number of para-hydroxylation sites is 1. The van der Waals surface area contributed by atoms with Crippen LogP contribution in [0, 0.1) is 6.92 Å². The summed E-state index contributed by atoms with van der Waals surface area (Å²) in [5.74, 6) is -0.211. The second-order valence-corrected chi connectivity index (χ2v) is 9.38. The predicted octanol–water partition coefficient (Wildman–Crippen LogP) is 3.94. The van der Waals surface area contributed by atoms with Crippen LogP contribution in [0.15, 0.2) is 48.5 Å². The molecule has 0 spiro atoms. The van der Waals surface area contributed by atoms with Gasteiger partial charge in [-0.25, -0.2) is 13.4 Å². The smallest absolute Gasteiger partial charge is 0.226 e. The Hall–Kier alpha value is -2.25. The lowest BCUT2D eigenvalue weighted by atomic mass is 10.2.